The molecule has 0 atom stereocenters. The largest absolute Gasteiger partial charge is 0.433 e. The molecule has 4 N–H and O–H groups in total. The second-order valence-corrected chi connectivity index (χ2v) is 3.77. The zero-order valence-corrected chi connectivity index (χ0v) is 10.1. The van der Waals surface area contributed by atoms with Gasteiger partial charge in [-0.25, -0.2) is 9.97 Å². The van der Waals surface area contributed by atoms with Crippen LogP contribution in [0.2, 0.25) is 0 Å². The first-order valence-corrected chi connectivity index (χ1v) is 5.35. The van der Waals surface area contributed by atoms with Crippen LogP contribution in [0.15, 0.2) is 28.2 Å². The number of nitrogens with one attached hydrogen (secondary N) is 2. The van der Waals surface area contributed by atoms with Gasteiger partial charge in [0.1, 0.15) is 11.5 Å². The molecule has 8 nitrogen and oxygen atoms in total. The molecule has 0 aromatic carbocycles. The van der Waals surface area contributed by atoms with E-state index in [-0.39, 0.29) is 11.6 Å². The van der Waals surface area contributed by atoms with E-state index in [1.165, 1.54) is 6.07 Å². The van der Waals surface area contributed by atoms with Crippen molar-refractivity contribution in [2.24, 2.45) is 5.18 Å². The maximum absolute atomic E-state index is 12.5. The minimum absolute atomic E-state index is 0.256. The standard InChI is InChI=1S/C10H7F3N6O2/c11-10(12,13)4-2-1-3-5(15-4)16-8-9(20)18-7(19-21)6(14)17-8/h1-3H,(H,18,20)(H3,14,15,16,17). The number of nitroso groups, excluding NO2 is 1. The minimum atomic E-state index is -4.62. The Morgan fingerprint density at radius 1 is 1.29 bits per heavy atom. The predicted molar refractivity (Wildman–Crippen MR) is 67.2 cm³/mol. The van der Waals surface area contributed by atoms with E-state index in [1.54, 1.807) is 0 Å². The Kier molecular flexibility index (Phi) is 3.56. The summed E-state index contributed by atoms with van der Waals surface area (Å²) in [6, 6.07) is 3.09. The van der Waals surface area contributed by atoms with E-state index in [0.717, 1.165) is 12.1 Å². The van der Waals surface area contributed by atoms with E-state index < -0.39 is 29.1 Å². The van der Waals surface area contributed by atoms with Crippen molar-refractivity contribution in [1.82, 2.24) is 15.0 Å². The van der Waals surface area contributed by atoms with Crippen molar-refractivity contribution < 1.29 is 13.2 Å². The van der Waals surface area contributed by atoms with Crippen LogP contribution in [0.5, 0.6) is 0 Å². The molecule has 11 heteroatoms. The average molecular weight is 300 g/mol. The third-order valence-corrected chi connectivity index (χ3v) is 2.30. The normalized spacial score (nSPS) is 11.2. The molecule has 2 aromatic rings. The van der Waals surface area contributed by atoms with Gasteiger partial charge in [-0.15, -0.1) is 4.91 Å². The number of alkyl halides is 3. The van der Waals surface area contributed by atoms with Gasteiger partial charge >= 0.3 is 6.18 Å². The highest BCUT2D eigenvalue weighted by molar-refractivity contribution is 5.58. The van der Waals surface area contributed by atoms with Gasteiger partial charge in [0.25, 0.3) is 5.56 Å². The fourth-order valence-corrected chi connectivity index (χ4v) is 1.39. The van der Waals surface area contributed by atoms with Crippen molar-refractivity contribution in [3.8, 4) is 0 Å². The Hall–Kier alpha value is -2.98. The van der Waals surface area contributed by atoms with Crippen molar-refractivity contribution in [1.29, 1.82) is 0 Å². The maximum Gasteiger partial charge on any atom is 0.433 e. The molecule has 0 aliphatic carbocycles. The van der Waals surface area contributed by atoms with Crippen LogP contribution in [0.3, 0.4) is 0 Å². The summed E-state index contributed by atoms with van der Waals surface area (Å²) in [4.78, 5) is 30.7. The molecular weight excluding hydrogens is 293 g/mol. The SMILES string of the molecule is Nc1nc(Nc2cccc(C(F)(F)F)n2)c(=O)[nH]c1N=O. The zero-order chi connectivity index (χ0) is 15.6. The lowest BCUT2D eigenvalue weighted by Crippen LogP contribution is -2.16. The van der Waals surface area contributed by atoms with Gasteiger partial charge < -0.3 is 11.1 Å². The number of H-pyrrole nitrogens is 1. The third kappa shape index (κ3) is 3.13. The van der Waals surface area contributed by atoms with Crippen LogP contribution in [0, 0.1) is 4.91 Å². The summed E-state index contributed by atoms with van der Waals surface area (Å²) < 4.78 is 37.5. The number of nitrogen functional groups attached to an aromatic ring is 1. The number of nitrogens with zero attached hydrogens (tertiary/aromatic N) is 3. The molecule has 0 aliphatic rings. The maximum atomic E-state index is 12.5. The minimum Gasteiger partial charge on any atom is -0.380 e. The molecule has 0 saturated carbocycles. The molecule has 0 aliphatic heterocycles. The van der Waals surface area contributed by atoms with Gasteiger partial charge in [-0.1, -0.05) is 6.07 Å². The van der Waals surface area contributed by atoms with Crippen LogP contribution in [0.1, 0.15) is 5.69 Å². The highest BCUT2D eigenvalue weighted by atomic mass is 19.4. The van der Waals surface area contributed by atoms with Crippen molar-refractivity contribution in [3.63, 3.8) is 0 Å². The number of hydrogen-bond acceptors (Lipinski definition) is 7. The summed E-state index contributed by atoms with van der Waals surface area (Å²) in [6.45, 7) is 0. The number of anilines is 3. The Bertz CT molecular complexity index is 742. The van der Waals surface area contributed by atoms with Crippen LogP contribution >= 0.6 is 0 Å². The molecule has 2 aromatic heterocycles. The Labute approximate surface area is 114 Å². The average Bonchev–Trinajstić information content (AvgIpc) is 2.42. The first kappa shape index (κ1) is 14.4. The molecule has 2 heterocycles. The van der Waals surface area contributed by atoms with Crippen LogP contribution < -0.4 is 16.6 Å². The Morgan fingerprint density at radius 2 is 2.00 bits per heavy atom. The second-order valence-electron chi connectivity index (χ2n) is 3.77. The number of aromatic amines is 1. The fourth-order valence-electron chi connectivity index (χ4n) is 1.39. The van der Waals surface area contributed by atoms with E-state index in [9.17, 15) is 22.9 Å². The zero-order valence-electron chi connectivity index (χ0n) is 10.1. The van der Waals surface area contributed by atoms with Gasteiger partial charge in [0, 0.05) is 0 Å². The lowest BCUT2D eigenvalue weighted by molar-refractivity contribution is -0.141. The van der Waals surface area contributed by atoms with Gasteiger partial charge in [-0.2, -0.15) is 13.2 Å². The summed E-state index contributed by atoms with van der Waals surface area (Å²) >= 11 is 0. The summed E-state index contributed by atoms with van der Waals surface area (Å²) in [6.07, 6.45) is -4.62. The van der Waals surface area contributed by atoms with Crippen molar-refractivity contribution in [2.45, 2.75) is 6.18 Å². The van der Waals surface area contributed by atoms with Crippen LogP contribution in [-0.4, -0.2) is 15.0 Å². The molecule has 21 heavy (non-hydrogen) atoms. The predicted octanol–water partition coefficient (Wildman–Crippen LogP) is 1.91. The quantitative estimate of drug-likeness (QED) is 0.743. The number of rotatable bonds is 3. The third-order valence-electron chi connectivity index (χ3n) is 2.30. The number of halogens is 3. The number of nitrogens with two attached hydrogens (primary N) is 1. The number of pyridine rings is 1. The summed E-state index contributed by atoms with van der Waals surface area (Å²) in [7, 11) is 0. The highest BCUT2D eigenvalue weighted by Crippen LogP contribution is 2.28. The molecule has 110 valence electrons. The first-order valence-electron chi connectivity index (χ1n) is 5.35. The molecule has 0 amide bonds. The van der Waals surface area contributed by atoms with Crippen LogP contribution in [0.25, 0.3) is 0 Å². The van der Waals surface area contributed by atoms with Crippen LogP contribution in [-0.2, 0) is 6.18 Å². The van der Waals surface area contributed by atoms with Gasteiger partial charge in [0.2, 0.25) is 5.82 Å². The van der Waals surface area contributed by atoms with Crippen LogP contribution in [0.4, 0.5) is 36.4 Å². The first-order chi connectivity index (χ1) is 9.81. The molecule has 0 saturated heterocycles. The second kappa shape index (κ2) is 5.19. The van der Waals surface area contributed by atoms with E-state index in [4.69, 9.17) is 5.73 Å². The summed E-state index contributed by atoms with van der Waals surface area (Å²) in [5.74, 6) is -1.51. The summed E-state index contributed by atoms with van der Waals surface area (Å²) in [5, 5.41) is 4.73. The molecule has 2 rings (SSSR count). The monoisotopic (exact) mass is 300 g/mol. The van der Waals surface area contributed by atoms with E-state index in [1.807, 2.05) is 4.98 Å². The van der Waals surface area contributed by atoms with E-state index in [0.29, 0.717) is 0 Å². The Morgan fingerprint density at radius 3 is 2.62 bits per heavy atom. The fraction of sp³-hybridized carbons (Fsp3) is 0.100. The van der Waals surface area contributed by atoms with Gasteiger partial charge in [-0.05, 0) is 17.3 Å². The van der Waals surface area contributed by atoms with Gasteiger partial charge in [0.05, 0.1) is 0 Å². The number of aromatic nitrogens is 3. The van der Waals surface area contributed by atoms with Crippen molar-refractivity contribution in [2.75, 3.05) is 11.1 Å². The van der Waals surface area contributed by atoms with E-state index in [2.05, 4.69) is 20.5 Å². The molecule has 0 radical (unpaired) electrons. The van der Waals surface area contributed by atoms with Gasteiger partial charge in [-0.3, -0.25) is 9.78 Å². The van der Waals surface area contributed by atoms with Crippen molar-refractivity contribution in [3.05, 3.63) is 39.2 Å². The van der Waals surface area contributed by atoms with Crippen molar-refractivity contribution >= 4 is 23.3 Å². The molecule has 0 fully saturated rings. The number of hydrogen-bond donors (Lipinski definition) is 3. The highest BCUT2D eigenvalue weighted by Gasteiger charge is 2.32. The molecular formula is C10H7F3N6O2. The summed E-state index contributed by atoms with van der Waals surface area (Å²) in [5.41, 5.74) is 3.33. The lowest BCUT2D eigenvalue weighted by atomic mass is 10.3. The molecule has 0 unspecified atom stereocenters. The van der Waals surface area contributed by atoms with E-state index >= 15 is 0 Å². The smallest absolute Gasteiger partial charge is 0.380 e. The Balaban J connectivity index is 2.37. The van der Waals surface area contributed by atoms with Gasteiger partial charge in [0.15, 0.2) is 11.6 Å². The topological polar surface area (TPSA) is 126 Å². The molecule has 0 bridgehead atoms. The molecule has 0 spiro atoms. The lowest BCUT2D eigenvalue weighted by Gasteiger charge is -2.09.